The van der Waals surface area contributed by atoms with Crippen molar-refractivity contribution in [1.29, 1.82) is 0 Å². The van der Waals surface area contributed by atoms with Gasteiger partial charge < -0.3 is 0 Å². The van der Waals surface area contributed by atoms with Crippen LogP contribution in [0.25, 0.3) is 0 Å². The van der Waals surface area contributed by atoms with Crippen molar-refractivity contribution >= 4 is 27.4 Å². The van der Waals surface area contributed by atoms with Crippen molar-refractivity contribution in [3.8, 4) is 0 Å². The van der Waals surface area contributed by atoms with Crippen LogP contribution in [0.2, 0.25) is 5.02 Å². The molecule has 0 saturated carbocycles. The molecule has 3 rings (SSSR count). The average Bonchev–Trinajstić information content (AvgIpc) is 2.86. The molecule has 2 aromatic rings. The van der Waals surface area contributed by atoms with Crippen molar-refractivity contribution in [2.24, 2.45) is 0 Å². The Bertz CT molecular complexity index is 886. The van der Waals surface area contributed by atoms with E-state index < -0.39 is 32.7 Å². The van der Waals surface area contributed by atoms with Gasteiger partial charge in [-0.05, 0) is 12.1 Å². The van der Waals surface area contributed by atoms with Gasteiger partial charge >= 0.3 is 6.18 Å². The topological polar surface area (TPSA) is 50.3 Å². The first-order valence-electron chi connectivity index (χ1n) is 6.97. The number of fused-ring (bicyclic) bond motifs is 1. The Kier molecular flexibility index (Phi) is 4.00. The Labute approximate surface area is 141 Å². The minimum atomic E-state index is -4.65. The largest absolute Gasteiger partial charge is 0.419 e. The van der Waals surface area contributed by atoms with E-state index in [0.717, 1.165) is 4.31 Å². The fourth-order valence-electron chi connectivity index (χ4n) is 2.69. The number of pyridine rings is 1. The van der Waals surface area contributed by atoms with Gasteiger partial charge in [-0.2, -0.15) is 13.2 Å². The first-order valence-corrected chi connectivity index (χ1v) is 8.79. The molecule has 0 amide bonds. The summed E-state index contributed by atoms with van der Waals surface area (Å²) in [7, 11) is -3.92. The normalized spacial score (nSPS) is 17.9. The van der Waals surface area contributed by atoms with Gasteiger partial charge in [0.25, 0.3) is 10.0 Å². The lowest BCUT2D eigenvalue weighted by atomic mass is 10.0. The zero-order chi connectivity index (χ0) is 17.7. The molecule has 0 saturated heterocycles. The monoisotopic (exact) mass is 376 g/mol. The summed E-state index contributed by atoms with van der Waals surface area (Å²) in [5.74, 6) is -0.551. The molecule has 1 aliphatic heterocycles. The molecule has 1 aromatic carbocycles. The maximum absolute atomic E-state index is 13.0. The van der Waals surface area contributed by atoms with Crippen molar-refractivity contribution in [2.75, 3.05) is 10.8 Å². The van der Waals surface area contributed by atoms with E-state index in [1.165, 1.54) is 12.1 Å². The lowest BCUT2D eigenvalue weighted by Gasteiger charge is -2.19. The third kappa shape index (κ3) is 2.63. The molecule has 128 valence electrons. The van der Waals surface area contributed by atoms with Crippen LogP contribution < -0.4 is 4.31 Å². The van der Waals surface area contributed by atoms with Crippen LogP contribution in [0.1, 0.15) is 24.0 Å². The van der Waals surface area contributed by atoms with Crippen LogP contribution in [-0.2, 0) is 16.2 Å². The van der Waals surface area contributed by atoms with Gasteiger partial charge in [-0.25, -0.2) is 17.7 Å². The van der Waals surface area contributed by atoms with Gasteiger partial charge in [0.1, 0.15) is 5.82 Å². The molecule has 0 bridgehead atoms. The highest BCUT2D eigenvalue weighted by atomic mass is 35.5. The highest BCUT2D eigenvalue weighted by Gasteiger charge is 2.42. The number of nitrogens with zero attached hydrogens (tertiary/aromatic N) is 2. The molecule has 1 aliphatic rings. The van der Waals surface area contributed by atoms with Crippen LogP contribution in [-0.4, -0.2) is 19.9 Å². The highest BCUT2D eigenvalue weighted by molar-refractivity contribution is 7.92. The van der Waals surface area contributed by atoms with Crippen molar-refractivity contribution in [3.05, 3.63) is 52.7 Å². The maximum atomic E-state index is 13.0. The lowest BCUT2D eigenvalue weighted by Crippen LogP contribution is -2.30. The fourth-order valence-corrected chi connectivity index (χ4v) is 4.66. The van der Waals surface area contributed by atoms with Crippen molar-refractivity contribution < 1.29 is 21.6 Å². The Morgan fingerprint density at radius 3 is 2.46 bits per heavy atom. The number of halogens is 4. The molecule has 9 heteroatoms. The Morgan fingerprint density at radius 1 is 1.25 bits per heavy atom. The van der Waals surface area contributed by atoms with E-state index in [1.807, 2.05) is 0 Å². The van der Waals surface area contributed by atoms with E-state index in [1.54, 1.807) is 25.1 Å². The average molecular weight is 377 g/mol. The molecule has 1 unspecified atom stereocenters. The molecule has 2 heterocycles. The molecule has 24 heavy (non-hydrogen) atoms. The minimum Gasteiger partial charge on any atom is -0.249 e. The number of hydrogen-bond acceptors (Lipinski definition) is 3. The number of sulfonamides is 1. The molecular formula is C15H12ClF3N2O2S. The summed E-state index contributed by atoms with van der Waals surface area (Å²) in [6.07, 6.45) is -4.07. The van der Waals surface area contributed by atoms with Crippen LogP contribution in [0.3, 0.4) is 0 Å². The molecule has 4 nitrogen and oxygen atoms in total. The standard InChI is InChI=1S/C15H12ClF3N2O2S/c1-9-8-21(24(22,23)10-5-3-2-4-6-10)14-12(9)13(16)11(7-20-14)15(17,18)19/h2-7,9H,8H2,1H3. The highest BCUT2D eigenvalue weighted by Crippen LogP contribution is 2.46. The second-order valence-corrected chi connectivity index (χ2v) is 7.71. The number of hydrogen-bond donors (Lipinski definition) is 0. The summed E-state index contributed by atoms with van der Waals surface area (Å²) in [4.78, 5) is 3.80. The van der Waals surface area contributed by atoms with Gasteiger partial charge in [0, 0.05) is 24.2 Å². The molecule has 0 aliphatic carbocycles. The molecule has 1 aromatic heterocycles. The van der Waals surface area contributed by atoms with Crippen LogP contribution in [0.15, 0.2) is 41.4 Å². The molecule has 0 fully saturated rings. The predicted molar refractivity (Wildman–Crippen MR) is 83.6 cm³/mol. The van der Waals surface area contributed by atoms with Crippen molar-refractivity contribution in [1.82, 2.24) is 4.98 Å². The van der Waals surface area contributed by atoms with Crippen LogP contribution in [0.5, 0.6) is 0 Å². The zero-order valence-electron chi connectivity index (χ0n) is 12.4. The third-order valence-corrected chi connectivity index (χ3v) is 6.01. The number of rotatable bonds is 2. The summed E-state index contributed by atoms with van der Waals surface area (Å²) < 4.78 is 65.5. The zero-order valence-corrected chi connectivity index (χ0v) is 14.0. The summed E-state index contributed by atoms with van der Waals surface area (Å²) in [6.45, 7) is 1.60. The number of anilines is 1. The minimum absolute atomic E-state index is 0.0133. The van der Waals surface area contributed by atoms with E-state index in [4.69, 9.17) is 11.6 Å². The SMILES string of the molecule is CC1CN(S(=O)(=O)c2ccccc2)c2ncc(C(F)(F)F)c(Cl)c21. The predicted octanol–water partition coefficient (Wildman–Crippen LogP) is 4.07. The van der Waals surface area contributed by atoms with Crippen LogP contribution in [0.4, 0.5) is 19.0 Å². The first kappa shape index (κ1) is 17.0. The summed E-state index contributed by atoms with van der Waals surface area (Å²) in [6, 6.07) is 7.65. The van der Waals surface area contributed by atoms with Crippen LogP contribution in [0, 0.1) is 0 Å². The third-order valence-electron chi connectivity index (χ3n) is 3.84. The van der Waals surface area contributed by atoms with E-state index in [-0.39, 0.29) is 22.8 Å². The molecular weight excluding hydrogens is 365 g/mol. The number of benzene rings is 1. The van der Waals surface area contributed by atoms with Crippen molar-refractivity contribution in [3.63, 3.8) is 0 Å². The molecule has 0 radical (unpaired) electrons. The Morgan fingerprint density at radius 2 is 1.88 bits per heavy atom. The number of alkyl halides is 3. The quantitative estimate of drug-likeness (QED) is 0.794. The van der Waals surface area contributed by atoms with E-state index in [9.17, 15) is 21.6 Å². The van der Waals surface area contributed by atoms with Gasteiger partial charge in [-0.15, -0.1) is 0 Å². The summed E-state index contributed by atoms with van der Waals surface area (Å²) in [5.41, 5.74) is -0.959. The van der Waals surface area contributed by atoms with Crippen LogP contribution >= 0.6 is 11.6 Å². The first-order chi connectivity index (χ1) is 11.1. The number of aromatic nitrogens is 1. The van der Waals surface area contributed by atoms with E-state index >= 15 is 0 Å². The Hall–Kier alpha value is -1.80. The van der Waals surface area contributed by atoms with Gasteiger partial charge in [-0.3, -0.25) is 0 Å². The second kappa shape index (κ2) is 5.63. The maximum Gasteiger partial charge on any atom is 0.419 e. The second-order valence-electron chi connectivity index (χ2n) is 5.47. The van der Waals surface area contributed by atoms with Gasteiger partial charge in [0.05, 0.1) is 15.5 Å². The fraction of sp³-hybridized carbons (Fsp3) is 0.267. The molecule has 1 atom stereocenters. The van der Waals surface area contributed by atoms with Gasteiger partial charge in [-0.1, -0.05) is 36.7 Å². The van der Waals surface area contributed by atoms with Crippen molar-refractivity contribution in [2.45, 2.75) is 23.9 Å². The van der Waals surface area contributed by atoms with Gasteiger partial charge in [0.2, 0.25) is 0 Å². The Balaban J connectivity index is 2.14. The lowest BCUT2D eigenvalue weighted by molar-refractivity contribution is -0.137. The van der Waals surface area contributed by atoms with Gasteiger partial charge in [0.15, 0.2) is 0 Å². The summed E-state index contributed by atoms with van der Waals surface area (Å²) in [5, 5.41) is -0.495. The molecule has 0 N–H and O–H groups in total. The summed E-state index contributed by atoms with van der Waals surface area (Å²) >= 11 is 5.91. The van der Waals surface area contributed by atoms with E-state index in [2.05, 4.69) is 4.98 Å². The smallest absolute Gasteiger partial charge is 0.249 e. The van der Waals surface area contributed by atoms with E-state index in [0.29, 0.717) is 6.20 Å². The molecule has 0 spiro atoms.